The minimum Gasteiger partial charge on any atom is -0.347 e. The fourth-order valence-corrected chi connectivity index (χ4v) is 1.61. The molecule has 0 rings (SSSR count). The topological polar surface area (TPSA) is 53.2 Å². The zero-order chi connectivity index (χ0) is 12.9. The summed E-state index contributed by atoms with van der Waals surface area (Å²) in [6, 6.07) is 0.586. The molecule has 0 radical (unpaired) electrons. The number of carbonyl (C=O) groups is 1. The second kappa shape index (κ2) is 12.2. The lowest BCUT2D eigenvalue weighted by atomic mass is 10.3. The average molecular weight is 261 g/mol. The molecule has 0 aromatic rings. The summed E-state index contributed by atoms with van der Waals surface area (Å²) in [4.78, 5) is 10.9. The van der Waals surface area contributed by atoms with Gasteiger partial charge in [-0.05, 0) is 45.2 Å². The number of unbranched alkanes of at least 4 members (excludes halogenated alkanes) is 1. The lowest BCUT2D eigenvalue weighted by molar-refractivity contribution is 0.260. The molecule has 0 aromatic carbocycles. The van der Waals surface area contributed by atoms with Gasteiger partial charge < -0.3 is 16.0 Å². The summed E-state index contributed by atoms with van der Waals surface area (Å²) in [7, 11) is 0. The molecule has 0 aliphatic rings. The number of carbonyl (C=O) groups excluding carboxylic acids is 1. The molecule has 5 heteroatoms. The first-order chi connectivity index (χ1) is 8.16. The molecule has 4 nitrogen and oxygen atoms in total. The third-order valence-electron chi connectivity index (χ3n) is 2.32. The Morgan fingerprint density at radius 1 is 1.06 bits per heavy atom. The van der Waals surface area contributed by atoms with Gasteiger partial charge in [-0.1, -0.05) is 25.6 Å². The smallest absolute Gasteiger partial charge is 0.278 e. The van der Waals surface area contributed by atoms with E-state index in [9.17, 15) is 4.79 Å². The zero-order valence-corrected chi connectivity index (χ0v) is 12.2. The van der Waals surface area contributed by atoms with Crippen LogP contribution >= 0.6 is 11.8 Å². The first-order valence-electron chi connectivity index (χ1n) is 6.42. The van der Waals surface area contributed by atoms with Gasteiger partial charge in [0.15, 0.2) is 0 Å². The first kappa shape index (κ1) is 16.7. The van der Waals surface area contributed by atoms with Crippen molar-refractivity contribution in [2.75, 3.05) is 32.4 Å². The van der Waals surface area contributed by atoms with Crippen LogP contribution in [0.1, 0.15) is 33.1 Å². The molecule has 1 amide bonds. The van der Waals surface area contributed by atoms with Crippen molar-refractivity contribution in [2.45, 2.75) is 39.2 Å². The molecule has 17 heavy (non-hydrogen) atoms. The molecule has 0 spiro atoms. The lowest BCUT2D eigenvalue weighted by Gasteiger charge is -2.08. The lowest BCUT2D eigenvalue weighted by Crippen LogP contribution is -2.26. The Balaban J connectivity index is 3.01. The van der Waals surface area contributed by atoms with Crippen LogP contribution in [0.3, 0.4) is 0 Å². The van der Waals surface area contributed by atoms with E-state index in [1.54, 1.807) is 6.26 Å². The van der Waals surface area contributed by atoms with Crippen molar-refractivity contribution >= 4 is 17.0 Å². The van der Waals surface area contributed by atoms with Crippen molar-refractivity contribution in [3.8, 4) is 0 Å². The molecule has 3 N–H and O–H groups in total. The molecule has 0 atom stereocenters. The molecule has 0 bridgehead atoms. The van der Waals surface area contributed by atoms with Crippen LogP contribution < -0.4 is 16.0 Å². The maximum Gasteiger partial charge on any atom is 0.278 e. The van der Waals surface area contributed by atoms with Gasteiger partial charge in [0.25, 0.3) is 5.24 Å². The van der Waals surface area contributed by atoms with Gasteiger partial charge in [0, 0.05) is 12.6 Å². The summed E-state index contributed by atoms with van der Waals surface area (Å²) in [5.74, 6) is 0. The van der Waals surface area contributed by atoms with Crippen LogP contribution in [0, 0.1) is 0 Å². The first-order valence-corrected chi connectivity index (χ1v) is 7.65. The molecule has 0 saturated carbocycles. The van der Waals surface area contributed by atoms with Gasteiger partial charge in [0.1, 0.15) is 0 Å². The van der Waals surface area contributed by atoms with Gasteiger partial charge in [-0.3, -0.25) is 4.79 Å². The average Bonchev–Trinajstić information content (AvgIpc) is 2.30. The van der Waals surface area contributed by atoms with Crippen LogP contribution in [0.25, 0.3) is 0 Å². The minimum atomic E-state index is 0.0600. The Morgan fingerprint density at radius 2 is 1.71 bits per heavy atom. The van der Waals surface area contributed by atoms with Crippen molar-refractivity contribution in [3.05, 3.63) is 0 Å². The van der Waals surface area contributed by atoms with Crippen LogP contribution in [0.15, 0.2) is 0 Å². The Hall–Kier alpha value is -0.260. The summed E-state index contributed by atoms with van der Waals surface area (Å²) in [5, 5.41) is 9.67. The second-order valence-corrected chi connectivity index (χ2v) is 5.12. The van der Waals surface area contributed by atoms with Gasteiger partial charge >= 0.3 is 0 Å². The maximum absolute atomic E-state index is 10.9. The van der Waals surface area contributed by atoms with Crippen molar-refractivity contribution in [2.24, 2.45) is 0 Å². The van der Waals surface area contributed by atoms with E-state index in [1.165, 1.54) is 24.6 Å². The third-order valence-corrected chi connectivity index (χ3v) is 2.83. The molecule has 0 aliphatic carbocycles. The number of hydrogen-bond acceptors (Lipinski definition) is 4. The Morgan fingerprint density at radius 3 is 2.35 bits per heavy atom. The number of rotatable bonds is 10. The van der Waals surface area contributed by atoms with Crippen molar-refractivity contribution in [3.63, 3.8) is 0 Å². The Labute approximate surface area is 110 Å². The van der Waals surface area contributed by atoms with Crippen molar-refractivity contribution < 1.29 is 4.79 Å². The summed E-state index contributed by atoms with van der Waals surface area (Å²) < 4.78 is 0. The van der Waals surface area contributed by atoms with Gasteiger partial charge in [-0.25, -0.2) is 0 Å². The van der Waals surface area contributed by atoms with E-state index in [4.69, 9.17) is 0 Å². The third kappa shape index (κ3) is 13.7. The Kier molecular flexibility index (Phi) is 12.0. The van der Waals surface area contributed by atoms with E-state index in [2.05, 4.69) is 29.8 Å². The number of thioether (sulfide) groups is 1. The van der Waals surface area contributed by atoms with Crippen LogP contribution in [0.4, 0.5) is 4.79 Å². The molecule has 0 saturated heterocycles. The fourth-order valence-electron chi connectivity index (χ4n) is 1.37. The van der Waals surface area contributed by atoms with Crippen molar-refractivity contribution in [1.82, 2.24) is 16.0 Å². The normalized spacial score (nSPS) is 10.8. The van der Waals surface area contributed by atoms with E-state index in [-0.39, 0.29) is 5.24 Å². The van der Waals surface area contributed by atoms with E-state index >= 15 is 0 Å². The largest absolute Gasteiger partial charge is 0.347 e. The second-order valence-electron chi connectivity index (χ2n) is 4.34. The molecule has 0 unspecified atom stereocenters. The maximum atomic E-state index is 10.9. The molecule has 0 fully saturated rings. The predicted molar refractivity (Wildman–Crippen MR) is 76.8 cm³/mol. The molecule has 102 valence electrons. The van der Waals surface area contributed by atoms with E-state index < -0.39 is 0 Å². The van der Waals surface area contributed by atoms with E-state index in [0.29, 0.717) is 6.04 Å². The molecule has 0 aliphatic heterocycles. The van der Waals surface area contributed by atoms with Gasteiger partial charge in [-0.2, -0.15) is 0 Å². The summed E-state index contributed by atoms with van der Waals surface area (Å²) in [5.41, 5.74) is 0. The highest BCUT2D eigenvalue weighted by Gasteiger charge is 1.95. The highest BCUT2D eigenvalue weighted by molar-refractivity contribution is 8.12. The van der Waals surface area contributed by atoms with Crippen molar-refractivity contribution in [1.29, 1.82) is 0 Å². The van der Waals surface area contributed by atoms with E-state index in [0.717, 1.165) is 32.6 Å². The highest BCUT2D eigenvalue weighted by atomic mass is 32.2. The summed E-state index contributed by atoms with van der Waals surface area (Å²) in [6.45, 7) is 8.25. The molecule has 0 aromatic heterocycles. The van der Waals surface area contributed by atoms with Crippen LogP contribution in [0.5, 0.6) is 0 Å². The zero-order valence-electron chi connectivity index (χ0n) is 11.3. The summed E-state index contributed by atoms with van der Waals surface area (Å²) in [6.07, 6.45) is 5.21. The number of hydrogen-bond donors (Lipinski definition) is 3. The van der Waals surface area contributed by atoms with Crippen LogP contribution in [-0.2, 0) is 0 Å². The molecular formula is C12H27N3OS. The SMILES string of the molecule is CSC(=O)NCCCNCCCCNC(C)C. The summed E-state index contributed by atoms with van der Waals surface area (Å²) >= 11 is 1.23. The monoisotopic (exact) mass is 261 g/mol. The highest BCUT2D eigenvalue weighted by Crippen LogP contribution is 1.92. The van der Waals surface area contributed by atoms with Gasteiger partial charge in [-0.15, -0.1) is 0 Å². The molecule has 0 heterocycles. The van der Waals surface area contributed by atoms with Gasteiger partial charge in [0.2, 0.25) is 0 Å². The molecular weight excluding hydrogens is 234 g/mol. The minimum absolute atomic E-state index is 0.0600. The van der Waals surface area contributed by atoms with Gasteiger partial charge in [0.05, 0.1) is 0 Å². The number of amides is 1. The van der Waals surface area contributed by atoms with Crippen LogP contribution in [-0.4, -0.2) is 43.7 Å². The number of nitrogens with one attached hydrogen (secondary N) is 3. The standard InChI is InChI=1S/C12H27N3OS/c1-11(2)14-9-5-4-7-13-8-6-10-15-12(16)17-3/h11,13-14H,4-10H2,1-3H3,(H,15,16). The van der Waals surface area contributed by atoms with E-state index in [1.807, 2.05) is 0 Å². The quantitative estimate of drug-likeness (QED) is 0.525. The Bertz CT molecular complexity index is 189. The predicted octanol–water partition coefficient (Wildman–Crippen LogP) is 1.82. The van der Waals surface area contributed by atoms with Crippen LogP contribution in [0.2, 0.25) is 0 Å². The fraction of sp³-hybridized carbons (Fsp3) is 0.917.